The second-order valence-electron chi connectivity index (χ2n) is 13.2. The third-order valence-electron chi connectivity index (χ3n) is 8.18. The molecule has 4 bridgehead atoms. The standard InChI is InChI=1S/C34H40N6O6S/c1-22-8-6-9-23(2)30(22)28-17-29-37-32(36-28)38-47(42,43)27-11-7-10-24(16-27)31(41)40(26(21-45-29)18-34(3,4)5)19-25-20-46-33(35-25)39-12-14-44-15-13-39/h6-11,16-17,20,26H,12-15,18-19,21H2,1-5H3,(H,36,37,38)/t26-/m1/s1. The molecule has 0 aliphatic carbocycles. The molecule has 6 rings (SSSR count). The molecule has 0 spiro atoms. The Hall–Kier alpha value is -4.49. The summed E-state index contributed by atoms with van der Waals surface area (Å²) >= 11 is 0. The van der Waals surface area contributed by atoms with Gasteiger partial charge < -0.3 is 23.7 Å². The highest BCUT2D eigenvalue weighted by Gasteiger charge is 2.32. The maximum atomic E-state index is 14.4. The van der Waals surface area contributed by atoms with E-state index in [0.717, 1.165) is 16.7 Å². The van der Waals surface area contributed by atoms with E-state index in [0.29, 0.717) is 50.1 Å². The Labute approximate surface area is 275 Å². The van der Waals surface area contributed by atoms with E-state index in [9.17, 15) is 13.2 Å². The van der Waals surface area contributed by atoms with Gasteiger partial charge in [-0.05, 0) is 55.0 Å². The van der Waals surface area contributed by atoms with Gasteiger partial charge in [-0.1, -0.05) is 45.0 Å². The summed E-state index contributed by atoms with van der Waals surface area (Å²) in [5.74, 6) is -0.300. The number of rotatable bonds is 5. The lowest BCUT2D eigenvalue weighted by Crippen LogP contribution is -2.45. The van der Waals surface area contributed by atoms with Gasteiger partial charge in [-0.3, -0.25) is 4.79 Å². The number of hydrogen-bond donors (Lipinski definition) is 1. The molecule has 1 amide bonds. The highest BCUT2D eigenvalue weighted by atomic mass is 32.2. The second-order valence-corrected chi connectivity index (χ2v) is 14.9. The van der Waals surface area contributed by atoms with E-state index in [2.05, 4.69) is 35.5 Å². The van der Waals surface area contributed by atoms with Gasteiger partial charge in [-0.2, -0.15) is 9.97 Å². The van der Waals surface area contributed by atoms with Crippen molar-refractivity contribution in [3.05, 3.63) is 77.2 Å². The Morgan fingerprint density at radius 3 is 2.43 bits per heavy atom. The van der Waals surface area contributed by atoms with Crippen LogP contribution in [0.3, 0.4) is 0 Å². The number of nitrogens with zero attached hydrogens (tertiary/aromatic N) is 5. The quantitative estimate of drug-likeness (QED) is 0.303. The number of aryl methyl sites for hydroxylation is 2. The Kier molecular flexibility index (Phi) is 8.95. The summed E-state index contributed by atoms with van der Waals surface area (Å²) < 4.78 is 47.5. The van der Waals surface area contributed by atoms with Gasteiger partial charge in [0, 0.05) is 30.3 Å². The number of ether oxygens (including phenoxy) is 2. The number of anilines is 2. The molecule has 13 heteroatoms. The minimum absolute atomic E-state index is 0.0884. The lowest BCUT2D eigenvalue weighted by atomic mass is 9.87. The molecule has 248 valence electrons. The number of hydrogen-bond acceptors (Lipinski definition) is 10. The fourth-order valence-corrected chi connectivity index (χ4v) is 6.98. The molecular formula is C34H40N6O6S. The van der Waals surface area contributed by atoms with E-state index >= 15 is 0 Å². The average molecular weight is 661 g/mol. The van der Waals surface area contributed by atoms with Gasteiger partial charge in [-0.15, -0.1) is 0 Å². The molecule has 0 unspecified atom stereocenters. The number of oxazole rings is 1. The van der Waals surface area contributed by atoms with Crippen LogP contribution in [0.15, 0.2) is 64.1 Å². The zero-order chi connectivity index (χ0) is 33.3. The number of carbonyl (C=O) groups is 1. The van der Waals surface area contributed by atoms with Gasteiger partial charge in [-0.25, -0.2) is 18.1 Å². The fraction of sp³-hybridized carbons (Fsp3) is 0.412. The molecular weight excluding hydrogens is 620 g/mol. The minimum Gasteiger partial charge on any atom is -0.475 e. The van der Waals surface area contributed by atoms with Gasteiger partial charge in [0.2, 0.25) is 11.8 Å². The number of nitrogens with one attached hydrogen (secondary N) is 1. The van der Waals surface area contributed by atoms with Crippen LogP contribution in [-0.2, 0) is 21.3 Å². The van der Waals surface area contributed by atoms with Crippen LogP contribution in [-0.4, -0.2) is 73.1 Å². The molecule has 1 fully saturated rings. The normalized spacial score (nSPS) is 18.4. The molecule has 1 atom stereocenters. The number of fused-ring (bicyclic) bond motifs is 4. The van der Waals surface area contributed by atoms with Crippen LogP contribution >= 0.6 is 0 Å². The van der Waals surface area contributed by atoms with Gasteiger partial charge in [0.15, 0.2) is 0 Å². The fourth-order valence-electron chi connectivity index (χ4n) is 5.99. The lowest BCUT2D eigenvalue weighted by molar-refractivity contribution is 0.0509. The molecule has 2 aliphatic rings. The van der Waals surface area contributed by atoms with Crippen molar-refractivity contribution in [3.63, 3.8) is 0 Å². The summed E-state index contributed by atoms with van der Waals surface area (Å²) in [5, 5.41) is 0. The van der Waals surface area contributed by atoms with Gasteiger partial charge in [0.05, 0.1) is 36.4 Å². The maximum absolute atomic E-state index is 14.4. The minimum atomic E-state index is -4.17. The number of benzene rings is 2. The second kappa shape index (κ2) is 13.0. The first-order chi connectivity index (χ1) is 22.4. The molecule has 12 nitrogen and oxygen atoms in total. The first kappa shape index (κ1) is 32.5. The monoisotopic (exact) mass is 660 g/mol. The van der Waals surface area contributed by atoms with Gasteiger partial charge in [0.1, 0.15) is 18.6 Å². The molecule has 2 aromatic carbocycles. The van der Waals surface area contributed by atoms with Crippen molar-refractivity contribution < 1.29 is 27.1 Å². The molecule has 1 N–H and O–H groups in total. The van der Waals surface area contributed by atoms with Crippen molar-refractivity contribution >= 4 is 27.9 Å². The average Bonchev–Trinajstić information content (AvgIpc) is 3.50. The molecule has 4 aromatic rings. The summed E-state index contributed by atoms with van der Waals surface area (Å²) in [6.07, 6.45) is 2.14. The van der Waals surface area contributed by atoms with E-state index in [1.807, 2.05) is 36.9 Å². The van der Waals surface area contributed by atoms with Crippen LogP contribution in [0, 0.1) is 19.3 Å². The van der Waals surface area contributed by atoms with E-state index in [4.69, 9.17) is 18.9 Å². The Morgan fingerprint density at radius 1 is 0.979 bits per heavy atom. The number of carbonyl (C=O) groups excluding carboxylic acids is 1. The Bertz CT molecular complexity index is 1860. The Morgan fingerprint density at radius 2 is 1.70 bits per heavy atom. The van der Waals surface area contributed by atoms with Crippen LogP contribution in [0.4, 0.5) is 12.0 Å². The number of amides is 1. The largest absolute Gasteiger partial charge is 0.475 e. The molecule has 1 saturated heterocycles. The summed E-state index contributed by atoms with van der Waals surface area (Å²) in [6.45, 7) is 12.9. The summed E-state index contributed by atoms with van der Waals surface area (Å²) in [5.41, 5.74) is 3.90. The Balaban J connectivity index is 1.45. The molecule has 2 aliphatic heterocycles. The maximum Gasteiger partial charge on any atom is 0.297 e. The smallest absolute Gasteiger partial charge is 0.297 e. The SMILES string of the molecule is Cc1cccc(C)c1-c1cc2nc(n1)NS(=O)(=O)c1cccc(c1)C(=O)N(Cc1coc(N3CCOCC3)n1)[C@H](CC(C)(C)C)CO2. The number of aromatic nitrogens is 3. The zero-order valence-corrected chi connectivity index (χ0v) is 28.1. The molecule has 47 heavy (non-hydrogen) atoms. The predicted molar refractivity (Wildman–Crippen MR) is 177 cm³/mol. The third kappa shape index (κ3) is 7.41. The summed E-state index contributed by atoms with van der Waals surface area (Å²) in [7, 11) is -4.17. The van der Waals surface area contributed by atoms with E-state index < -0.39 is 16.1 Å². The van der Waals surface area contributed by atoms with Gasteiger partial charge >= 0.3 is 0 Å². The molecule has 0 saturated carbocycles. The summed E-state index contributed by atoms with van der Waals surface area (Å²) in [6, 6.07) is 13.6. The van der Waals surface area contributed by atoms with Crippen LogP contribution in [0.2, 0.25) is 0 Å². The number of sulfonamides is 1. The molecule has 0 radical (unpaired) electrons. The van der Waals surface area contributed by atoms with Crippen LogP contribution in [0.5, 0.6) is 5.88 Å². The first-order valence-corrected chi connectivity index (χ1v) is 17.1. The van der Waals surface area contributed by atoms with Crippen LogP contribution in [0.25, 0.3) is 11.3 Å². The highest BCUT2D eigenvalue weighted by molar-refractivity contribution is 7.92. The lowest BCUT2D eigenvalue weighted by Gasteiger charge is -2.35. The van der Waals surface area contributed by atoms with Crippen LogP contribution < -0.4 is 14.4 Å². The number of morpholine rings is 1. The van der Waals surface area contributed by atoms with E-state index in [1.165, 1.54) is 12.1 Å². The van der Waals surface area contributed by atoms with Crippen molar-refractivity contribution in [3.8, 4) is 17.1 Å². The van der Waals surface area contributed by atoms with Crippen molar-refractivity contribution in [1.82, 2.24) is 19.9 Å². The van der Waals surface area contributed by atoms with Crippen molar-refractivity contribution in [2.24, 2.45) is 5.41 Å². The van der Waals surface area contributed by atoms with Crippen LogP contribution in [0.1, 0.15) is 54.4 Å². The topological polar surface area (TPSA) is 140 Å². The van der Waals surface area contributed by atoms with Crippen molar-refractivity contribution in [2.75, 3.05) is 42.5 Å². The van der Waals surface area contributed by atoms with E-state index in [1.54, 1.807) is 29.4 Å². The van der Waals surface area contributed by atoms with Crippen molar-refractivity contribution in [2.45, 2.75) is 58.5 Å². The summed E-state index contributed by atoms with van der Waals surface area (Å²) in [4.78, 5) is 31.8. The molecule has 2 aromatic heterocycles. The highest BCUT2D eigenvalue weighted by Crippen LogP contribution is 2.32. The predicted octanol–water partition coefficient (Wildman–Crippen LogP) is 5.23. The zero-order valence-electron chi connectivity index (χ0n) is 27.3. The van der Waals surface area contributed by atoms with E-state index in [-0.39, 0.29) is 46.8 Å². The third-order valence-corrected chi connectivity index (χ3v) is 9.51. The molecule has 4 heterocycles. The van der Waals surface area contributed by atoms with Gasteiger partial charge in [0.25, 0.3) is 21.9 Å². The first-order valence-electron chi connectivity index (χ1n) is 15.7. The van der Waals surface area contributed by atoms with Crippen molar-refractivity contribution in [1.29, 1.82) is 0 Å².